The predicted octanol–water partition coefficient (Wildman–Crippen LogP) is 5.35. The van der Waals surface area contributed by atoms with Crippen molar-refractivity contribution in [1.82, 2.24) is 5.32 Å². The quantitative estimate of drug-likeness (QED) is 0.792. The summed E-state index contributed by atoms with van der Waals surface area (Å²) in [5.74, 6) is -0.341. The second-order valence-electron chi connectivity index (χ2n) is 4.06. The Hall–Kier alpha value is -0.320. The van der Waals surface area contributed by atoms with E-state index in [0.29, 0.717) is 20.1 Å². The number of hydrogen-bond donors (Lipinski definition) is 1. The molecule has 0 spiro atoms. The molecule has 102 valence electrons. The standard InChI is InChI=1S/C13H11Cl3FNS/c1-18-11(9-6-12(15)19-13(9)16)4-7-2-3-8(17)5-10(7)14/h2-3,5-6,11,18H,4H2,1H3. The van der Waals surface area contributed by atoms with Gasteiger partial charge in [0.05, 0.1) is 8.67 Å². The molecule has 0 amide bonds. The van der Waals surface area contributed by atoms with Crippen molar-refractivity contribution in [2.45, 2.75) is 12.5 Å². The summed E-state index contributed by atoms with van der Waals surface area (Å²) in [6, 6.07) is 6.22. The van der Waals surface area contributed by atoms with Crippen LogP contribution in [0.2, 0.25) is 13.7 Å². The van der Waals surface area contributed by atoms with Gasteiger partial charge in [-0.1, -0.05) is 40.9 Å². The molecule has 1 nitrogen and oxygen atoms in total. The van der Waals surface area contributed by atoms with Crippen LogP contribution < -0.4 is 5.32 Å². The van der Waals surface area contributed by atoms with E-state index in [0.717, 1.165) is 11.1 Å². The first-order chi connectivity index (χ1) is 9.01. The van der Waals surface area contributed by atoms with Gasteiger partial charge >= 0.3 is 0 Å². The Balaban J connectivity index is 2.26. The number of likely N-dealkylation sites (N-methyl/N-ethyl adjacent to an activating group) is 1. The Morgan fingerprint density at radius 1 is 1.26 bits per heavy atom. The molecule has 0 saturated heterocycles. The van der Waals surface area contributed by atoms with Gasteiger partial charge in [-0.2, -0.15) is 0 Å². The lowest BCUT2D eigenvalue weighted by Gasteiger charge is -2.16. The average molecular weight is 339 g/mol. The molecule has 19 heavy (non-hydrogen) atoms. The molecule has 0 bridgehead atoms. The topological polar surface area (TPSA) is 12.0 Å². The van der Waals surface area contributed by atoms with Crippen LogP contribution in [0.4, 0.5) is 4.39 Å². The normalized spacial score (nSPS) is 12.7. The summed E-state index contributed by atoms with van der Waals surface area (Å²) in [4.78, 5) is 0. The molecular weight excluding hydrogens is 328 g/mol. The van der Waals surface area contributed by atoms with Gasteiger partial charge in [0.1, 0.15) is 5.82 Å². The first kappa shape index (κ1) is 15.1. The lowest BCUT2D eigenvalue weighted by molar-refractivity contribution is 0.591. The fraction of sp³-hybridized carbons (Fsp3) is 0.231. The van der Waals surface area contributed by atoms with E-state index in [-0.39, 0.29) is 11.9 Å². The summed E-state index contributed by atoms with van der Waals surface area (Å²) in [6.45, 7) is 0. The number of nitrogens with one attached hydrogen (secondary N) is 1. The molecule has 1 aromatic heterocycles. The molecule has 2 rings (SSSR count). The fourth-order valence-corrected chi connectivity index (χ4v) is 3.69. The lowest BCUT2D eigenvalue weighted by atomic mass is 10.0. The lowest BCUT2D eigenvalue weighted by Crippen LogP contribution is -2.18. The first-order valence-electron chi connectivity index (χ1n) is 5.57. The molecule has 1 N–H and O–H groups in total. The molecule has 1 atom stereocenters. The second-order valence-corrected chi connectivity index (χ2v) is 6.75. The van der Waals surface area contributed by atoms with E-state index in [1.165, 1.54) is 23.5 Å². The Bertz CT molecular complexity index is 585. The molecule has 2 aromatic rings. The Kier molecular flexibility index (Phi) is 5.09. The predicted molar refractivity (Wildman–Crippen MR) is 81.3 cm³/mol. The fourth-order valence-electron chi connectivity index (χ4n) is 1.87. The van der Waals surface area contributed by atoms with E-state index < -0.39 is 0 Å². The Labute approximate surface area is 130 Å². The molecule has 6 heteroatoms. The zero-order valence-electron chi connectivity index (χ0n) is 10.0. The van der Waals surface area contributed by atoms with E-state index in [1.54, 1.807) is 6.07 Å². The number of halogens is 4. The van der Waals surface area contributed by atoms with Crippen molar-refractivity contribution < 1.29 is 4.39 Å². The van der Waals surface area contributed by atoms with Gasteiger partial charge in [-0.15, -0.1) is 11.3 Å². The molecule has 1 unspecified atom stereocenters. The van der Waals surface area contributed by atoms with Crippen LogP contribution in [0.3, 0.4) is 0 Å². The van der Waals surface area contributed by atoms with Crippen molar-refractivity contribution in [2.75, 3.05) is 7.05 Å². The maximum absolute atomic E-state index is 13.0. The van der Waals surface area contributed by atoms with Gasteiger partial charge < -0.3 is 5.32 Å². The zero-order chi connectivity index (χ0) is 14.0. The van der Waals surface area contributed by atoms with Crippen LogP contribution in [-0.2, 0) is 6.42 Å². The molecule has 0 aliphatic heterocycles. The van der Waals surface area contributed by atoms with Crippen molar-refractivity contribution in [3.63, 3.8) is 0 Å². The van der Waals surface area contributed by atoms with Crippen molar-refractivity contribution in [1.29, 1.82) is 0 Å². The van der Waals surface area contributed by atoms with Gasteiger partial charge in [-0.3, -0.25) is 0 Å². The highest BCUT2D eigenvalue weighted by molar-refractivity contribution is 7.20. The van der Waals surface area contributed by atoms with Crippen LogP contribution in [0.25, 0.3) is 0 Å². The minimum atomic E-state index is -0.341. The van der Waals surface area contributed by atoms with Crippen molar-refractivity contribution >= 4 is 46.1 Å². The first-order valence-corrected chi connectivity index (χ1v) is 7.52. The number of hydrogen-bond acceptors (Lipinski definition) is 2. The summed E-state index contributed by atoms with van der Waals surface area (Å²) >= 11 is 19.5. The van der Waals surface area contributed by atoms with Crippen LogP contribution in [0.5, 0.6) is 0 Å². The molecular formula is C13H11Cl3FNS. The minimum absolute atomic E-state index is 0.0146. The Morgan fingerprint density at radius 3 is 2.53 bits per heavy atom. The smallest absolute Gasteiger partial charge is 0.124 e. The van der Waals surface area contributed by atoms with Gasteiger partial charge in [0.2, 0.25) is 0 Å². The van der Waals surface area contributed by atoms with Crippen LogP contribution in [0.15, 0.2) is 24.3 Å². The summed E-state index contributed by atoms with van der Waals surface area (Å²) < 4.78 is 14.3. The summed E-state index contributed by atoms with van der Waals surface area (Å²) in [5.41, 5.74) is 1.79. The SMILES string of the molecule is CNC(Cc1ccc(F)cc1Cl)c1cc(Cl)sc1Cl. The van der Waals surface area contributed by atoms with Crippen molar-refractivity contribution in [2.24, 2.45) is 0 Å². The van der Waals surface area contributed by atoms with E-state index in [1.807, 2.05) is 13.1 Å². The monoisotopic (exact) mass is 337 g/mol. The van der Waals surface area contributed by atoms with Crippen molar-refractivity contribution in [3.8, 4) is 0 Å². The van der Waals surface area contributed by atoms with Gasteiger partial charge in [-0.05, 0) is 37.2 Å². The van der Waals surface area contributed by atoms with Crippen LogP contribution in [-0.4, -0.2) is 7.05 Å². The van der Waals surface area contributed by atoms with E-state index in [2.05, 4.69) is 5.32 Å². The third kappa shape index (κ3) is 3.61. The average Bonchev–Trinajstić information content (AvgIpc) is 2.68. The number of benzene rings is 1. The van der Waals surface area contributed by atoms with Crippen LogP contribution >= 0.6 is 46.1 Å². The van der Waals surface area contributed by atoms with Gasteiger partial charge in [0.25, 0.3) is 0 Å². The maximum Gasteiger partial charge on any atom is 0.124 e. The van der Waals surface area contributed by atoms with Crippen LogP contribution in [0, 0.1) is 5.82 Å². The number of rotatable bonds is 4. The second kappa shape index (κ2) is 6.42. The summed E-state index contributed by atoms with van der Waals surface area (Å²) in [7, 11) is 1.84. The summed E-state index contributed by atoms with van der Waals surface area (Å²) in [5, 5.41) is 3.59. The summed E-state index contributed by atoms with van der Waals surface area (Å²) in [6.07, 6.45) is 0.613. The zero-order valence-corrected chi connectivity index (χ0v) is 13.1. The third-order valence-corrected chi connectivity index (χ3v) is 4.72. The molecule has 0 aliphatic rings. The molecule has 1 aromatic carbocycles. The molecule has 0 fully saturated rings. The molecule has 0 saturated carbocycles. The third-order valence-electron chi connectivity index (χ3n) is 2.85. The van der Waals surface area contributed by atoms with Gasteiger partial charge in [0, 0.05) is 16.6 Å². The van der Waals surface area contributed by atoms with Crippen LogP contribution in [0.1, 0.15) is 17.2 Å². The van der Waals surface area contributed by atoms with Crippen molar-refractivity contribution in [3.05, 3.63) is 54.9 Å². The molecule has 1 heterocycles. The maximum atomic E-state index is 13.0. The van der Waals surface area contributed by atoms with E-state index >= 15 is 0 Å². The van der Waals surface area contributed by atoms with Gasteiger partial charge in [0.15, 0.2) is 0 Å². The highest BCUT2D eigenvalue weighted by Crippen LogP contribution is 2.36. The van der Waals surface area contributed by atoms with E-state index in [9.17, 15) is 4.39 Å². The van der Waals surface area contributed by atoms with E-state index in [4.69, 9.17) is 34.8 Å². The highest BCUT2D eigenvalue weighted by atomic mass is 35.5. The molecule has 0 radical (unpaired) electrons. The number of thiophene rings is 1. The Morgan fingerprint density at radius 2 is 2.00 bits per heavy atom. The van der Waals surface area contributed by atoms with Gasteiger partial charge in [-0.25, -0.2) is 4.39 Å². The molecule has 0 aliphatic carbocycles. The largest absolute Gasteiger partial charge is 0.313 e. The highest BCUT2D eigenvalue weighted by Gasteiger charge is 2.18. The minimum Gasteiger partial charge on any atom is -0.313 e.